The molecule has 110 valence electrons. The Kier molecular flexibility index (Phi) is 4.04. The maximum absolute atomic E-state index is 12.1. The van der Waals surface area contributed by atoms with Crippen LogP contribution in [-0.2, 0) is 4.79 Å². The number of benzene rings is 1. The zero-order chi connectivity index (χ0) is 14.7. The van der Waals surface area contributed by atoms with Crippen molar-refractivity contribution in [2.45, 2.75) is 38.6 Å². The molecular weight excluding hydrogens is 262 g/mol. The number of aromatic amines is 1. The van der Waals surface area contributed by atoms with Crippen LogP contribution >= 0.6 is 0 Å². The molecule has 2 aromatic rings. The minimum Gasteiger partial charge on any atom is -0.340 e. The summed E-state index contributed by atoms with van der Waals surface area (Å²) in [4.78, 5) is 22.0. The van der Waals surface area contributed by atoms with E-state index in [1.165, 1.54) is 0 Å². The van der Waals surface area contributed by atoms with E-state index in [-0.39, 0.29) is 11.9 Å². The Morgan fingerprint density at radius 3 is 2.90 bits per heavy atom. The molecule has 3 rings (SSSR count). The molecule has 4 heteroatoms. The molecule has 0 saturated carbocycles. The van der Waals surface area contributed by atoms with Crippen LogP contribution in [0.4, 0.5) is 0 Å². The van der Waals surface area contributed by atoms with Gasteiger partial charge in [-0.05, 0) is 24.8 Å². The van der Waals surface area contributed by atoms with Crippen molar-refractivity contribution in [3.05, 3.63) is 42.4 Å². The third kappa shape index (κ3) is 2.84. The van der Waals surface area contributed by atoms with Crippen molar-refractivity contribution in [3.8, 4) is 11.3 Å². The Balaban J connectivity index is 1.86. The fraction of sp³-hybridized carbons (Fsp3) is 0.412. The number of hydrogen-bond acceptors (Lipinski definition) is 2. The van der Waals surface area contributed by atoms with Crippen LogP contribution in [0.25, 0.3) is 11.3 Å². The molecule has 1 aromatic carbocycles. The predicted octanol–water partition coefficient (Wildman–Crippen LogP) is 3.54. The second-order valence-electron chi connectivity index (χ2n) is 5.50. The quantitative estimate of drug-likeness (QED) is 0.936. The first-order chi connectivity index (χ1) is 10.3. The third-order valence-electron chi connectivity index (χ3n) is 4.12. The molecular formula is C17H21N3O. The van der Waals surface area contributed by atoms with E-state index in [2.05, 4.69) is 22.1 Å². The Labute approximate surface area is 125 Å². The molecule has 4 nitrogen and oxygen atoms in total. The summed E-state index contributed by atoms with van der Waals surface area (Å²) in [5, 5.41) is 0. The molecule has 1 saturated heterocycles. The van der Waals surface area contributed by atoms with Crippen LogP contribution in [0.5, 0.6) is 0 Å². The number of amides is 1. The lowest BCUT2D eigenvalue weighted by Gasteiger charge is -2.34. The zero-order valence-electron chi connectivity index (χ0n) is 12.4. The van der Waals surface area contributed by atoms with Gasteiger partial charge in [-0.2, -0.15) is 0 Å². The van der Waals surface area contributed by atoms with Crippen LogP contribution in [0.1, 0.15) is 44.5 Å². The Hall–Kier alpha value is -2.10. The monoisotopic (exact) mass is 283 g/mol. The highest BCUT2D eigenvalue weighted by Crippen LogP contribution is 2.30. The minimum absolute atomic E-state index is 0.101. The number of carbonyl (C=O) groups excluding carboxylic acids is 1. The highest BCUT2D eigenvalue weighted by molar-refractivity contribution is 5.76. The number of carbonyl (C=O) groups is 1. The summed E-state index contributed by atoms with van der Waals surface area (Å²) in [5.74, 6) is 1.13. The molecule has 0 bridgehead atoms. The summed E-state index contributed by atoms with van der Waals surface area (Å²) in [7, 11) is 0. The first-order valence-electron chi connectivity index (χ1n) is 7.69. The number of piperidine rings is 1. The van der Waals surface area contributed by atoms with Gasteiger partial charge >= 0.3 is 0 Å². The van der Waals surface area contributed by atoms with E-state index < -0.39 is 0 Å². The topological polar surface area (TPSA) is 49.0 Å². The molecule has 1 aliphatic rings. The SMILES string of the molecule is CCC(=O)N1CCCCC1c1ncc(-c2ccccc2)[nH]1. The summed E-state index contributed by atoms with van der Waals surface area (Å²) in [6.07, 6.45) is 5.66. The van der Waals surface area contributed by atoms with Crippen molar-refractivity contribution in [1.82, 2.24) is 14.9 Å². The molecule has 0 spiro atoms. The van der Waals surface area contributed by atoms with Gasteiger partial charge in [0, 0.05) is 13.0 Å². The van der Waals surface area contributed by atoms with Gasteiger partial charge in [-0.1, -0.05) is 37.3 Å². The maximum atomic E-state index is 12.1. The van der Waals surface area contributed by atoms with E-state index in [0.717, 1.165) is 42.9 Å². The number of hydrogen-bond donors (Lipinski definition) is 1. The number of nitrogens with zero attached hydrogens (tertiary/aromatic N) is 2. The summed E-state index contributed by atoms with van der Waals surface area (Å²) in [5.41, 5.74) is 2.14. The van der Waals surface area contributed by atoms with Crippen LogP contribution in [0.2, 0.25) is 0 Å². The average molecular weight is 283 g/mol. The van der Waals surface area contributed by atoms with Crippen molar-refractivity contribution in [2.75, 3.05) is 6.54 Å². The molecule has 1 amide bonds. The Morgan fingerprint density at radius 1 is 1.33 bits per heavy atom. The molecule has 1 fully saturated rings. The van der Waals surface area contributed by atoms with E-state index in [0.29, 0.717) is 6.42 Å². The van der Waals surface area contributed by atoms with Crippen molar-refractivity contribution < 1.29 is 4.79 Å². The first-order valence-corrected chi connectivity index (χ1v) is 7.69. The second kappa shape index (κ2) is 6.12. The van der Waals surface area contributed by atoms with Crippen molar-refractivity contribution in [3.63, 3.8) is 0 Å². The van der Waals surface area contributed by atoms with Gasteiger partial charge in [0.15, 0.2) is 0 Å². The average Bonchev–Trinajstić information content (AvgIpc) is 3.05. The molecule has 1 unspecified atom stereocenters. The van der Waals surface area contributed by atoms with Crippen LogP contribution in [0.3, 0.4) is 0 Å². The molecule has 2 heterocycles. The summed E-state index contributed by atoms with van der Waals surface area (Å²) in [6.45, 7) is 2.77. The maximum Gasteiger partial charge on any atom is 0.222 e. The highest BCUT2D eigenvalue weighted by Gasteiger charge is 2.29. The molecule has 1 aromatic heterocycles. The van der Waals surface area contributed by atoms with Gasteiger partial charge in [-0.15, -0.1) is 0 Å². The van der Waals surface area contributed by atoms with Crippen LogP contribution < -0.4 is 0 Å². The lowest BCUT2D eigenvalue weighted by atomic mass is 10.0. The molecule has 0 aliphatic carbocycles. The van der Waals surface area contributed by atoms with Gasteiger partial charge in [-0.3, -0.25) is 4.79 Å². The number of likely N-dealkylation sites (tertiary alicyclic amines) is 1. The lowest BCUT2D eigenvalue weighted by molar-refractivity contribution is -0.134. The van der Waals surface area contributed by atoms with Gasteiger partial charge in [-0.25, -0.2) is 4.98 Å². The van der Waals surface area contributed by atoms with E-state index in [1.54, 1.807) is 0 Å². The number of H-pyrrole nitrogens is 1. The van der Waals surface area contributed by atoms with E-state index in [9.17, 15) is 4.79 Å². The normalized spacial score (nSPS) is 18.7. The number of nitrogens with one attached hydrogen (secondary N) is 1. The van der Waals surface area contributed by atoms with E-state index >= 15 is 0 Å². The lowest BCUT2D eigenvalue weighted by Crippen LogP contribution is -2.38. The van der Waals surface area contributed by atoms with E-state index in [1.807, 2.05) is 36.2 Å². The first kappa shape index (κ1) is 13.9. The summed E-state index contributed by atoms with van der Waals surface area (Å²) < 4.78 is 0. The molecule has 1 aliphatic heterocycles. The van der Waals surface area contributed by atoms with Crippen LogP contribution in [-0.4, -0.2) is 27.3 Å². The predicted molar refractivity (Wildman–Crippen MR) is 82.6 cm³/mol. The smallest absolute Gasteiger partial charge is 0.222 e. The van der Waals surface area contributed by atoms with Crippen molar-refractivity contribution in [1.29, 1.82) is 0 Å². The number of rotatable bonds is 3. The summed E-state index contributed by atoms with van der Waals surface area (Å²) in [6, 6.07) is 10.3. The number of aromatic nitrogens is 2. The third-order valence-corrected chi connectivity index (χ3v) is 4.12. The van der Waals surface area contributed by atoms with Crippen molar-refractivity contribution in [2.24, 2.45) is 0 Å². The Bertz CT molecular complexity index is 606. The van der Waals surface area contributed by atoms with Gasteiger partial charge in [0.05, 0.1) is 17.9 Å². The Morgan fingerprint density at radius 2 is 2.14 bits per heavy atom. The van der Waals surface area contributed by atoms with Gasteiger partial charge in [0.1, 0.15) is 5.82 Å². The van der Waals surface area contributed by atoms with Gasteiger partial charge < -0.3 is 9.88 Å². The minimum atomic E-state index is 0.101. The number of imidazole rings is 1. The largest absolute Gasteiger partial charge is 0.340 e. The van der Waals surface area contributed by atoms with Gasteiger partial charge in [0.25, 0.3) is 0 Å². The molecule has 1 N–H and O–H groups in total. The fourth-order valence-corrected chi connectivity index (χ4v) is 2.99. The fourth-order valence-electron chi connectivity index (χ4n) is 2.99. The van der Waals surface area contributed by atoms with E-state index in [4.69, 9.17) is 0 Å². The molecule has 0 radical (unpaired) electrons. The molecule has 1 atom stereocenters. The zero-order valence-corrected chi connectivity index (χ0v) is 12.4. The second-order valence-corrected chi connectivity index (χ2v) is 5.50. The molecule has 21 heavy (non-hydrogen) atoms. The van der Waals surface area contributed by atoms with Gasteiger partial charge in [0.2, 0.25) is 5.91 Å². The highest BCUT2D eigenvalue weighted by atomic mass is 16.2. The summed E-state index contributed by atoms with van der Waals surface area (Å²) >= 11 is 0. The standard InChI is InChI=1S/C17H21N3O/c1-2-16(21)20-11-7-6-10-15(20)17-18-12-14(19-17)13-8-4-3-5-9-13/h3-5,8-9,12,15H,2,6-7,10-11H2,1H3,(H,18,19). The van der Waals surface area contributed by atoms with Crippen molar-refractivity contribution >= 4 is 5.91 Å². The van der Waals surface area contributed by atoms with Crippen LogP contribution in [0.15, 0.2) is 36.5 Å². The van der Waals surface area contributed by atoms with Crippen LogP contribution in [0, 0.1) is 0 Å².